The van der Waals surface area contributed by atoms with Gasteiger partial charge in [-0.15, -0.1) is 0 Å². The molecule has 0 saturated heterocycles. The Morgan fingerprint density at radius 1 is 1.11 bits per heavy atom. The highest BCUT2D eigenvalue weighted by Crippen LogP contribution is 2.17. The van der Waals surface area contributed by atoms with Gasteiger partial charge in [-0.1, -0.05) is 0 Å². The number of carbonyl (C=O) groups excluding carboxylic acids is 1. The number of aromatic hydroxyl groups is 1. The van der Waals surface area contributed by atoms with E-state index >= 15 is 0 Å². The molecule has 2 rings (SSSR count). The fourth-order valence-corrected chi connectivity index (χ4v) is 1.47. The number of benzene rings is 1. The van der Waals surface area contributed by atoms with Gasteiger partial charge in [-0.2, -0.15) is 0 Å². The Kier molecular flexibility index (Phi) is 3.42. The van der Waals surface area contributed by atoms with Gasteiger partial charge in [0.1, 0.15) is 5.75 Å². The number of aromatic nitrogens is 1. The minimum absolute atomic E-state index is 0.0947. The summed E-state index contributed by atoms with van der Waals surface area (Å²) in [7, 11) is 0. The highest BCUT2D eigenvalue weighted by molar-refractivity contribution is 6.06. The Morgan fingerprint density at radius 2 is 1.79 bits per heavy atom. The van der Waals surface area contributed by atoms with Gasteiger partial charge >= 0.3 is 5.97 Å². The van der Waals surface area contributed by atoms with Crippen LogP contribution in [0.2, 0.25) is 0 Å². The Balaban J connectivity index is 2.15. The Hall–Kier alpha value is -2.89. The number of hydrogen-bond donors (Lipinski definition) is 3. The number of aromatic carboxylic acids is 1. The van der Waals surface area contributed by atoms with Crippen molar-refractivity contribution >= 4 is 17.6 Å². The molecule has 19 heavy (non-hydrogen) atoms. The molecule has 6 nitrogen and oxygen atoms in total. The summed E-state index contributed by atoms with van der Waals surface area (Å²) in [5.74, 6) is -1.75. The summed E-state index contributed by atoms with van der Waals surface area (Å²) in [6, 6.07) is 7.09. The Labute approximate surface area is 108 Å². The molecule has 1 heterocycles. The number of pyridine rings is 1. The van der Waals surface area contributed by atoms with Crippen LogP contribution in [0, 0.1) is 0 Å². The molecule has 0 aliphatic heterocycles. The summed E-state index contributed by atoms with van der Waals surface area (Å²) in [5.41, 5.74) is 0.660. The molecule has 3 N–H and O–H groups in total. The lowest BCUT2D eigenvalue weighted by molar-refractivity contribution is 0.0696. The summed E-state index contributed by atoms with van der Waals surface area (Å²) in [6.07, 6.45) is 2.56. The number of nitrogens with zero attached hydrogens (tertiary/aromatic N) is 1. The van der Waals surface area contributed by atoms with Crippen LogP contribution in [0.1, 0.15) is 20.7 Å². The van der Waals surface area contributed by atoms with Gasteiger partial charge in [0.05, 0.1) is 17.3 Å². The predicted octanol–water partition coefficient (Wildman–Crippen LogP) is 1.74. The minimum Gasteiger partial charge on any atom is -0.505 e. The van der Waals surface area contributed by atoms with Crippen molar-refractivity contribution in [3.8, 4) is 5.75 Å². The minimum atomic E-state index is -1.04. The number of carbonyl (C=O) groups is 2. The van der Waals surface area contributed by atoms with Gasteiger partial charge in [0.25, 0.3) is 5.91 Å². The van der Waals surface area contributed by atoms with E-state index < -0.39 is 11.9 Å². The van der Waals surface area contributed by atoms with Crippen molar-refractivity contribution < 1.29 is 19.8 Å². The molecule has 0 spiro atoms. The van der Waals surface area contributed by atoms with Gasteiger partial charge in [-0.25, -0.2) is 4.79 Å². The maximum atomic E-state index is 11.8. The monoisotopic (exact) mass is 258 g/mol. The van der Waals surface area contributed by atoms with Crippen molar-refractivity contribution in [1.29, 1.82) is 0 Å². The lowest BCUT2D eigenvalue weighted by atomic mass is 10.2. The third-order valence-electron chi connectivity index (χ3n) is 2.43. The van der Waals surface area contributed by atoms with E-state index in [0.717, 1.165) is 0 Å². The zero-order valence-corrected chi connectivity index (χ0v) is 9.70. The topological polar surface area (TPSA) is 99.5 Å². The molecule has 0 radical (unpaired) electrons. The van der Waals surface area contributed by atoms with Crippen LogP contribution in [0.3, 0.4) is 0 Å². The predicted molar refractivity (Wildman–Crippen MR) is 67.3 cm³/mol. The molecule has 96 valence electrons. The third kappa shape index (κ3) is 2.86. The summed E-state index contributed by atoms with van der Waals surface area (Å²) in [6.45, 7) is 0. The molecule has 0 bridgehead atoms. The highest BCUT2D eigenvalue weighted by Gasteiger charge is 2.11. The van der Waals surface area contributed by atoms with E-state index in [1.165, 1.54) is 42.7 Å². The molecule has 1 aromatic heterocycles. The third-order valence-corrected chi connectivity index (χ3v) is 2.43. The van der Waals surface area contributed by atoms with Crippen molar-refractivity contribution in [1.82, 2.24) is 4.98 Å². The Bertz CT molecular complexity index is 623. The number of amides is 1. The molecule has 0 aliphatic rings. The molecule has 0 aliphatic carbocycles. The largest absolute Gasteiger partial charge is 0.505 e. The highest BCUT2D eigenvalue weighted by atomic mass is 16.4. The van der Waals surface area contributed by atoms with Crippen molar-refractivity contribution in [3.05, 3.63) is 53.9 Å². The first-order valence-electron chi connectivity index (χ1n) is 5.35. The van der Waals surface area contributed by atoms with E-state index in [9.17, 15) is 14.7 Å². The smallest absolute Gasteiger partial charge is 0.335 e. The van der Waals surface area contributed by atoms with Crippen molar-refractivity contribution in [2.75, 3.05) is 5.32 Å². The van der Waals surface area contributed by atoms with Gasteiger partial charge in [-0.05, 0) is 30.3 Å². The van der Waals surface area contributed by atoms with Crippen molar-refractivity contribution in [3.63, 3.8) is 0 Å². The fourth-order valence-electron chi connectivity index (χ4n) is 1.47. The number of carboxylic acids is 1. The molecular weight excluding hydrogens is 248 g/mol. The number of rotatable bonds is 3. The quantitative estimate of drug-likeness (QED) is 0.778. The van der Waals surface area contributed by atoms with E-state index in [-0.39, 0.29) is 16.9 Å². The van der Waals surface area contributed by atoms with Crippen molar-refractivity contribution in [2.45, 2.75) is 0 Å². The molecular formula is C13H10N2O4. The number of nitrogens with one attached hydrogen (secondary N) is 1. The lowest BCUT2D eigenvalue weighted by Crippen LogP contribution is -2.12. The zero-order valence-electron chi connectivity index (χ0n) is 9.70. The van der Waals surface area contributed by atoms with Crippen LogP contribution in [-0.4, -0.2) is 27.1 Å². The second-order valence-corrected chi connectivity index (χ2v) is 3.73. The average molecular weight is 258 g/mol. The molecule has 1 amide bonds. The molecule has 2 aromatic rings. The standard InChI is InChI=1S/C13H10N2O4/c16-11-7-14-6-5-10(11)12(17)15-9-3-1-8(2-4-9)13(18)19/h1-7,16H,(H,15,17)(H,18,19). The van der Waals surface area contributed by atoms with Crippen LogP contribution in [0.4, 0.5) is 5.69 Å². The number of anilines is 1. The van der Waals surface area contributed by atoms with Crippen LogP contribution in [0.25, 0.3) is 0 Å². The first-order valence-corrected chi connectivity index (χ1v) is 5.35. The van der Waals surface area contributed by atoms with Crippen LogP contribution < -0.4 is 5.32 Å². The second-order valence-electron chi connectivity index (χ2n) is 3.73. The van der Waals surface area contributed by atoms with Crippen LogP contribution in [0.15, 0.2) is 42.7 Å². The second kappa shape index (κ2) is 5.18. The molecule has 0 saturated carbocycles. The van der Waals surface area contributed by atoms with Gasteiger partial charge in [0.2, 0.25) is 0 Å². The first-order chi connectivity index (χ1) is 9.08. The average Bonchev–Trinajstić information content (AvgIpc) is 2.39. The lowest BCUT2D eigenvalue weighted by Gasteiger charge is -2.06. The first kappa shape index (κ1) is 12.6. The van der Waals surface area contributed by atoms with Gasteiger partial charge in [0.15, 0.2) is 0 Å². The van der Waals surface area contributed by atoms with Gasteiger partial charge in [-0.3, -0.25) is 9.78 Å². The summed E-state index contributed by atoms with van der Waals surface area (Å²) < 4.78 is 0. The summed E-state index contributed by atoms with van der Waals surface area (Å²) in [5, 5.41) is 20.8. The van der Waals surface area contributed by atoms with E-state index in [0.29, 0.717) is 5.69 Å². The molecule has 6 heteroatoms. The maximum Gasteiger partial charge on any atom is 0.335 e. The maximum absolute atomic E-state index is 11.8. The van der Waals surface area contributed by atoms with E-state index in [1.54, 1.807) is 0 Å². The zero-order chi connectivity index (χ0) is 13.8. The van der Waals surface area contributed by atoms with Crippen molar-refractivity contribution in [2.24, 2.45) is 0 Å². The summed E-state index contributed by atoms with van der Waals surface area (Å²) in [4.78, 5) is 26.2. The number of carboxylic acid groups (broad SMARTS) is 1. The molecule has 0 atom stereocenters. The van der Waals surface area contributed by atoms with E-state index in [4.69, 9.17) is 5.11 Å². The molecule has 1 aromatic carbocycles. The van der Waals surface area contributed by atoms with Crippen LogP contribution in [-0.2, 0) is 0 Å². The van der Waals surface area contributed by atoms with E-state index in [1.807, 2.05) is 0 Å². The van der Waals surface area contributed by atoms with Crippen LogP contribution in [0.5, 0.6) is 5.75 Å². The molecule has 0 unspecified atom stereocenters. The number of hydrogen-bond acceptors (Lipinski definition) is 4. The SMILES string of the molecule is O=C(O)c1ccc(NC(=O)c2ccncc2O)cc1. The fraction of sp³-hybridized carbons (Fsp3) is 0. The summed E-state index contributed by atoms with van der Waals surface area (Å²) >= 11 is 0. The normalized spacial score (nSPS) is 9.89. The van der Waals surface area contributed by atoms with Crippen LogP contribution >= 0.6 is 0 Å². The van der Waals surface area contributed by atoms with Gasteiger partial charge in [0, 0.05) is 11.9 Å². The van der Waals surface area contributed by atoms with E-state index in [2.05, 4.69) is 10.3 Å². The Morgan fingerprint density at radius 3 is 2.37 bits per heavy atom. The van der Waals surface area contributed by atoms with Gasteiger partial charge < -0.3 is 15.5 Å². The molecule has 0 fully saturated rings.